The molecule has 0 bridgehead atoms. The summed E-state index contributed by atoms with van der Waals surface area (Å²) >= 11 is 6.01. The van der Waals surface area contributed by atoms with Crippen molar-refractivity contribution in [1.82, 2.24) is 0 Å². The second kappa shape index (κ2) is 5.41. The molecule has 0 spiro atoms. The highest BCUT2D eigenvalue weighted by Gasteiger charge is 2.42. The van der Waals surface area contributed by atoms with Crippen molar-refractivity contribution in [2.45, 2.75) is 37.9 Å². The van der Waals surface area contributed by atoms with Gasteiger partial charge in [0.25, 0.3) is 0 Å². The van der Waals surface area contributed by atoms with Crippen LogP contribution >= 0.6 is 11.6 Å². The maximum Gasteiger partial charge on any atom is 0.162 e. The molecule has 1 aliphatic rings. The summed E-state index contributed by atoms with van der Waals surface area (Å²) in [7, 11) is 0. The Morgan fingerprint density at radius 2 is 2.00 bits per heavy atom. The standard InChI is InChI=1S/C13H15ClF2O2/c1-3-17-13-8(14)5-12(13)18-11-6-10(16)9(15)4-7(11)2/h4,6,8,12-13H,3,5H2,1-2H3. The van der Waals surface area contributed by atoms with Crippen LogP contribution in [0.2, 0.25) is 0 Å². The molecule has 5 heteroatoms. The Balaban J connectivity index is 2.08. The Hall–Kier alpha value is -0.870. The molecule has 0 N–H and O–H groups in total. The molecule has 18 heavy (non-hydrogen) atoms. The Morgan fingerprint density at radius 3 is 2.61 bits per heavy atom. The van der Waals surface area contributed by atoms with Crippen molar-refractivity contribution in [1.29, 1.82) is 0 Å². The van der Waals surface area contributed by atoms with E-state index < -0.39 is 11.6 Å². The van der Waals surface area contributed by atoms with Gasteiger partial charge < -0.3 is 9.47 Å². The molecular formula is C13H15ClF2O2. The first-order valence-electron chi connectivity index (χ1n) is 5.91. The van der Waals surface area contributed by atoms with Gasteiger partial charge in [0.15, 0.2) is 11.6 Å². The predicted octanol–water partition coefficient (Wildman–Crippen LogP) is 3.44. The van der Waals surface area contributed by atoms with Gasteiger partial charge in [-0.1, -0.05) is 0 Å². The molecule has 0 radical (unpaired) electrons. The van der Waals surface area contributed by atoms with E-state index in [4.69, 9.17) is 21.1 Å². The zero-order valence-electron chi connectivity index (χ0n) is 10.3. The number of aryl methyl sites for hydroxylation is 1. The molecule has 1 saturated carbocycles. The van der Waals surface area contributed by atoms with Crippen LogP contribution in [0.1, 0.15) is 18.9 Å². The fraction of sp³-hybridized carbons (Fsp3) is 0.538. The maximum absolute atomic E-state index is 13.1. The molecule has 1 fully saturated rings. The van der Waals surface area contributed by atoms with Gasteiger partial charge in [0.05, 0.1) is 5.38 Å². The Bertz CT molecular complexity index is 439. The molecule has 2 nitrogen and oxygen atoms in total. The molecule has 3 unspecified atom stereocenters. The van der Waals surface area contributed by atoms with Gasteiger partial charge in [0.1, 0.15) is 18.0 Å². The smallest absolute Gasteiger partial charge is 0.162 e. The third-order valence-corrected chi connectivity index (χ3v) is 3.46. The highest BCUT2D eigenvalue weighted by atomic mass is 35.5. The van der Waals surface area contributed by atoms with Crippen molar-refractivity contribution in [3.63, 3.8) is 0 Å². The number of alkyl halides is 1. The fourth-order valence-electron chi connectivity index (χ4n) is 1.96. The van der Waals surface area contributed by atoms with Crippen LogP contribution in [0.5, 0.6) is 5.75 Å². The first kappa shape index (κ1) is 13.6. The molecular weight excluding hydrogens is 262 g/mol. The van der Waals surface area contributed by atoms with Crippen LogP contribution < -0.4 is 4.74 Å². The van der Waals surface area contributed by atoms with Crippen LogP contribution in [0.4, 0.5) is 8.78 Å². The molecule has 1 aromatic rings. The third-order valence-electron chi connectivity index (χ3n) is 3.04. The fourth-order valence-corrected chi connectivity index (χ4v) is 2.38. The molecule has 3 atom stereocenters. The zero-order chi connectivity index (χ0) is 13.3. The van der Waals surface area contributed by atoms with E-state index in [1.54, 1.807) is 6.92 Å². The lowest BCUT2D eigenvalue weighted by Gasteiger charge is -2.40. The van der Waals surface area contributed by atoms with E-state index in [2.05, 4.69) is 0 Å². The molecule has 0 heterocycles. The average Bonchev–Trinajstić information content (AvgIpc) is 2.32. The molecule has 0 amide bonds. The number of halogens is 3. The van der Waals surface area contributed by atoms with Crippen molar-refractivity contribution < 1.29 is 18.3 Å². The average molecular weight is 277 g/mol. The first-order valence-corrected chi connectivity index (χ1v) is 6.34. The maximum atomic E-state index is 13.1. The van der Waals surface area contributed by atoms with Gasteiger partial charge in [-0.25, -0.2) is 8.78 Å². The second-order valence-corrected chi connectivity index (χ2v) is 4.92. The molecule has 1 aromatic carbocycles. The van der Waals surface area contributed by atoms with E-state index in [-0.39, 0.29) is 17.6 Å². The Labute approximate surface area is 110 Å². The summed E-state index contributed by atoms with van der Waals surface area (Å²) in [6.07, 6.45) is 0.255. The minimum absolute atomic E-state index is 0.0828. The van der Waals surface area contributed by atoms with E-state index >= 15 is 0 Å². The van der Waals surface area contributed by atoms with Crippen molar-refractivity contribution >= 4 is 11.6 Å². The Kier molecular flexibility index (Phi) is 4.07. The van der Waals surface area contributed by atoms with Gasteiger partial charge in [-0.05, 0) is 25.5 Å². The molecule has 2 rings (SSSR count). The van der Waals surface area contributed by atoms with Crippen LogP contribution in [0.25, 0.3) is 0 Å². The summed E-state index contributed by atoms with van der Waals surface area (Å²) in [5.41, 5.74) is 0.558. The third kappa shape index (κ3) is 2.59. The van der Waals surface area contributed by atoms with Gasteiger partial charge in [0.2, 0.25) is 0 Å². The van der Waals surface area contributed by atoms with Crippen LogP contribution in [0.15, 0.2) is 12.1 Å². The molecule has 0 saturated heterocycles. The van der Waals surface area contributed by atoms with Crippen LogP contribution in [-0.2, 0) is 4.74 Å². The van der Waals surface area contributed by atoms with Crippen molar-refractivity contribution in [2.75, 3.05) is 6.61 Å². The van der Waals surface area contributed by atoms with Crippen molar-refractivity contribution in [3.8, 4) is 5.75 Å². The predicted molar refractivity (Wildman–Crippen MR) is 65.2 cm³/mol. The summed E-state index contributed by atoms with van der Waals surface area (Å²) in [6.45, 7) is 4.09. The second-order valence-electron chi connectivity index (χ2n) is 4.36. The summed E-state index contributed by atoms with van der Waals surface area (Å²) in [5, 5.41) is -0.0828. The number of hydrogen-bond acceptors (Lipinski definition) is 2. The lowest BCUT2D eigenvalue weighted by atomic mass is 9.91. The van der Waals surface area contributed by atoms with Crippen LogP contribution in [-0.4, -0.2) is 24.2 Å². The minimum atomic E-state index is -0.912. The van der Waals surface area contributed by atoms with E-state index in [1.807, 2.05) is 6.92 Å². The Morgan fingerprint density at radius 1 is 1.33 bits per heavy atom. The lowest BCUT2D eigenvalue weighted by molar-refractivity contribution is -0.0762. The highest BCUT2D eigenvalue weighted by Crippen LogP contribution is 2.34. The zero-order valence-corrected chi connectivity index (χ0v) is 11.0. The van der Waals surface area contributed by atoms with Gasteiger partial charge in [-0.15, -0.1) is 11.6 Å². The first-order chi connectivity index (χ1) is 8.52. The van der Waals surface area contributed by atoms with E-state index in [0.717, 1.165) is 12.1 Å². The molecule has 0 aromatic heterocycles. The quantitative estimate of drug-likeness (QED) is 0.785. The van der Waals surface area contributed by atoms with Gasteiger partial charge >= 0.3 is 0 Å². The van der Waals surface area contributed by atoms with Gasteiger partial charge in [-0.3, -0.25) is 0 Å². The van der Waals surface area contributed by atoms with Crippen LogP contribution in [0.3, 0.4) is 0 Å². The van der Waals surface area contributed by atoms with Crippen molar-refractivity contribution in [2.24, 2.45) is 0 Å². The summed E-state index contributed by atoms with van der Waals surface area (Å²) < 4.78 is 37.2. The van der Waals surface area contributed by atoms with E-state index in [0.29, 0.717) is 24.3 Å². The highest BCUT2D eigenvalue weighted by molar-refractivity contribution is 6.21. The number of hydrogen-bond donors (Lipinski definition) is 0. The molecule has 100 valence electrons. The van der Waals surface area contributed by atoms with E-state index in [1.165, 1.54) is 0 Å². The minimum Gasteiger partial charge on any atom is -0.487 e. The largest absolute Gasteiger partial charge is 0.487 e. The summed E-state index contributed by atoms with van der Waals surface area (Å²) in [5.74, 6) is -1.44. The van der Waals surface area contributed by atoms with Crippen molar-refractivity contribution in [3.05, 3.63) is 29.3 Å². The lowest BCUT2D eigenvalue weighted by Crippen LogP contribution is -2.52. The topological polar surface area (TPSA) is 18.5 Å². The summed E-state index contributed by atoms with van der Waals surface area (Å²) in [4.78, 5) is 0. The summed E-state index contributed by atoms with van der Waals surface area (Å²) in [6, 6.07) is 2.19. The van der Waals surface area contributed by atoms with Gasteiger partial charge in [-0.2, -0.15) is 0 Å². The molecule has 1 aliphatic carbocycles. The number of benzene rings is 1. The molecule has 0 aliphatic heterocycles. The normalized spacial score (nSPS) is 26.8. The van der Waals surface area contributed by atoms with Crippen LogP contribution in [0, 0.1) is 18.6 Å². The van der Waals surface area contributed by atoms with E-state index in [9.17, 15) is 8.78 Å². The number of ether oxygens (including phenoxy) is 2. The van der Waals surface area contributed by atoms with Gasteiger partial charge in [0, 0.05) is 19.1 Å². The SMILES string of the molecule is CCOC1C(Cl)CC1Oc1cc(F)c(F)cc1C. The monoisotopic (exact) mass is 276 g/mol. The number of rotatable bonds is 4.